The van der Waals surface area contributed by atoms with Crippen molar-refractivity contribution in [3.05, 3.63) is 70.0 Å². The number of nitrogens with one attached hydrogen (secondary N) is 1. The number of aryl methyl sites for hydroxylation is 1. The number of non-ortho nitro benzene ring substituents is 1. The third-order valence-corrected chi connectivity index (χ3v) is 3.78. The zero-order chi connectivity index (χ0) is 18.0. The zero-order valence-corrected chi connectivity index (χ0v) is 13.6. The molecule has 25 heavy (non-hydrogen) atoms. The first-order valence-corrected chi connectivity index (χ1v) is 7.48. The average molecular weight is 337 g/mol. The summed E-state index contributed by atoms with van der Waals surface area (Å²) < 4.78 is 1.90. The van der Waals surface area contributed by atoms with Crippen LogP contribution in [0.5, 0.6) is 0 Å². The summed E-state index contributed by atoms with van der Waals surface area (Å²) in [5.74, 6) is 0.193. The third kappa shape index (κ3) is 3.23. The van der Waals surface area contributed by atoms with Gasteiger partial charge >= 0.3 is 0 Å². The number of nitro benzene ring substituents is 1. The van der Waals surface area contributed by atoms with Crippen molar-refractivity contribution in [2.24, 2.45) is 12.1 Å². The summed E-state index contributed by atoms with van der Waals surface area (Å²) in [5.41, 5.74) is 5.01. The van der Waals surface area contributed by atoms with Crippen LogP contribution in [0.2, 0.25) is 0 Å². The number of amides is 1. The minimum atomic E-state index is -0.518. The van der Waals surface area contributed by atoms with E-state index >= 15 is 0 Å². The molecular formula is C17H15N5O3. The molecule has 3 rings (SSSR count). The molecule has 0 saturated heterocycles. The van der Waals surface area contributed by atoms with Crippen molar-refractivity contribution in [1.29, 1.82) is 0 Å². The number of benzene rings is 2. The maximum atomic E-state index is 12.1. The lowest BCUT2D eigenvalue weighted by atomic mass is 10.2. The van der Waals surface area contributed by atoms with E-state index in [1.807, 2.05) is 35.9 Å². The second-order valence-electron chi connectivity index (χ2n) is 5.43. The second-order valence-corrected chi connectivity index (χ2v) is 5.43. The van der Waals surface area contributed by atoms with Gasteiger partial charge in [-0.05, 0) is 31.2 Å². The number of imidazole rings is 1. The normalized spacial score (nSPS) is 11.5. The highest BCUT2D eigenvalue weighted by atomic mass is 16.6. The van der Waals surface area contributed by atoms with Crippen molar-refractivity contribution in [3.8, 4) is 0 Å². The SMILES string of the molecule is C/C(=N\NC(=O)c1ccc([N+](=O)[O-])cc1)c1nc2ccccc2n1C. The van der Waals surface area contributed by atoms with E-state index in [0.29, 0.717) is 11.5 Å². The molecular weight excluding hydrogens is 322 g/mol. The molecule has 0 unspecified atom stereocenters. The van der Waals surface area contributed by atoms with Gasteiger partial charge in [-0.15, -0.1) is 0 Å². The molecule has 0 aliphatic carbocycles. The first kappa shape index (κ1) is 16.3. The van der Waals surface area contributed by atoms with Crippen LogP contribution >= 0.6 is 0 Å². The number of nitro groups is 1. The standard InChI is InChI=1S/C17H15N5O3/c1-11(16-18-14-5-3-4-6-15(14)21(16)2)19-20-17(23)12-7-9-13(10-8-12)22(24)25/h3-10H,1-2H3,(H,20,23)/b19-11+. The molecule has 0 fully saturated rings. The molecule has 0 bridgehead atoms. The molecule has 1 N–H and O–H groups in total. The van der Waals surface area contributed by atoms with Crippen molar-refractivity contribution in [1.82, 2.24) is 15.0 Å². The van der Waals surface area contributed by atoms with Crippen LogP contribution in [0.1, 0.15) is 23.1 Å². The number of hydrazone groups is 1. The molecule has 0 radical (unpaired) electrons. The third-order valence-electron chi connectivity index (χ3n) is 3.78. The van der Waals surface area contributed by atoms with Crippen molar-refractivity contribution in [2.45, 2.75) is 6.92 Å². The van der Waals surface area contributed by atoms with E-state index in [2.05, 4.69) is 15.5 Å². The summed E-state index contributed by atoms with van der Waals surface area (Å²) in [6, 6.07) is 13.0. The minimum absolute atomic E-state index is 0.0732. The van der Waals surface area contributed by atoms with Crippen LogP contribution in [0.25, 0.3) is 11.0 Å². The topological polar surface area (TPSA) is 102 Å². The van der Waals surface area contributed by atoms with Gasteiger partial charge in [0.1, 0.15) is 5.71 Å². The fourth-order valence-electron chi connectivity index (χ4n) is 2.45. The molecule has 126 valence electrons. The summed E-state index contributed by atoms with van der Waals surface area (Å²) in [5, 5.41) is 14.7. The van der Waals surface area contributed by atoms with Crippen molar-refractivity contribution < 1.29 is 9.72 Å². The van der Waals surface area contributed by atoms with Crippen LogP contribution in [0.15, 0.2) is 53.6 Å². The molecule has 2 aromatic carbocycles. The Labute approximate surface area is 142 Å². The van der Waals surface area contributed by atoms with E-state index in [9.17, 15) is 14.9 Å². The maximum Gasteiger partial charge on any atom is 0.271 e. The van der Waals surface area contributed by atoms with Crippen LogP contribution in [0, 0.1) is 10.1 Å². The number of hydrogen-bond donors (Lipinski definition) is 1. The highest BCUT2D eigenvalue weighted by molar-refractivity contribution is 6.00. The van der Waals surface area contributed by atoms with E-state index in [4.69, 9.17) is 0 Å². The first-order chi connectivity index (χ1) is 12.0. The monoisotopic (exact) mass is 337 g/mol. The molecule has 0 atom stereocenters. The molecule has 1 amide bonds. The van der Waals surface area contributed by atoms with Crippen LogP contribution in [0.3, 0.4) is 0 Å². The number of para-hydroxylation sites is 2. The molecule has 0 spiro atoms. The fourth-order valence-corrected chi connectivity index (χ4v) is 2.45. The molecule has 0 aliphatic heterocycles. The highest BCUT2D eigenvalue weighted by Gasteiger charge is 2.12. The minimum Gasteiger partial charge on any atom is -0.326 e. The predicted octanol–water partition coefficient (Wildman–Crippen LogP) is 2.64. The van der Waals surface area contributed by atoms with Gasteiger partial charge in [0.15, 0.2) is 5.82 Å². The lowest BCUT2D eigenvalue weighted by Crippen LogP contribution is -2.20. The molecule has 1 heterocycles. The van der Waals surface area contributed by atoms with Crippen LogP contribution in [-0.4, -0.2) is 26.1 Å². The average Bonchev–Trinajstić information content (AvgIpc) is 2.96. The predicted molar refractivity (Wildman–Crippen MR) is 93.5 cm³/mol. The van der Waals surface area contributed by atoms with Crippen molar-refractivity contribution >= 4 is 28.3 Å². The zero-order valence-electron chi connectivity index (χ0n) is 13.6. The largest absolute Gasteiger partial charge is 0.326 e. The quantitative estimate of drug-likeness (QED) is 0.449. The van der Waals surface area contributed by atoms with Gasteiger partial charge in [-0.3, -0.25) is 14.9 Å². The van der Waals surface area contributed by atoms with Gasteiger partial charge in [0.05, 0.1) is 16.0 Å². The molecule has 0 saturated carbocycles. The van der Waals surface area contributed by atoms with Gasteiger partial charge in [-0.2, -0.15) is 5.10 Å². The number of fused-ring (bicyclic) bond motifs is 1. The number of rotatable bonds is 4. The molecule has 3 aromatic rings. The Balaban J connectivity index is 1.79. The smallest absolute Gasteiger partial charge is 0.271 e. The summed E-state index contributed by atoms with van der Waals surface area (Å²) in [6.07, 6.45) is 0. The van der Waals surface area contributed by atoms with Gasteiger partial charge in [0.25, 0.3) is 11.6 Å². The Morgan fingerprint density at radius 1 is 1.20 bits per heavy atom. The summed E-state index contributed by atoms with van der Waals surface area (Å²) in [6.45, 7) is 1.75. The van der Waals surface area contributed by atoms with Crippen LogP contribution in [0.4, 0.5) is 5.69 Å². The number of hydrogen-bond acceptors (Lipinski definition) is 5. The summed E-state index contributed by atoms with van der Waals surface area (Å²) in [4.78, 5) is 26.7. The van der Waals surface area contributed by atoms with E-state index in [1.54, 1.807) is 6.92 Å². The van der Waals surface area contributed by atoms with Gasteiger partial charge in [-0.25, -0.2) is 10.4 Å². The Morgan fingerprint density at radius 2 is 1.88 bits per heavy atom. The fraction of sp³-hybridized carbons (Fsp3) is 0.118. The van der Waals surface area contributed by atoms with Gasteiger partial charge in [0.2, 0.25) is 0 Å². The lowest BCUT2D eigenvalue weighted by molar-refractivity contribution is -0.384. The molecule has 8 heteroatoms. The van der Waals surface area contributed by atoms with Gasteiger partial charge in [0, 0.05) is 24.7 Å². The summed E-state index contributed by atoms with van der Waals surface area (Å²) >= 11 is 0. The van der Waals surface area contributed by atoms with Crippen molar-refractivity contribution in [2.75, 3.05) is 0 Å². The highest BCUT2D eigenvalue weighted by Crippen LogP contribution is 2.15. The van der Waals surface area contributed by atoms with Crippen LogP contribution in [-0.2, 0) is 7.05 Å². The van der Waals surface area contributed by atoms with E-state index in [1.165, 1.54) is 24.3 Å². The summed E-state index contributed by atoms with van der Waals surface area (Å²) in [7, 11) is 1.88. The van der Waals surface area contributed by atoms with Gasteiger partial charge < -0.3 is 4.57 Å². The van der Waals surface area contributed by atoms with E-state index < -0.39 is 10.8 Å². The van der Waals surface area contributed by atoms with Crippen LogP contribution < -0.4 is 5.43 Å². The Bertz CT molecular complexity index is 989. The van der Waals surface area contributed by atoms with Crippen molar-refractivity contribution in [3.63, 3.8) is 0 Å². The second kappa shape index (κ2) is 6.52. The van der Waals surface area contributed by atoms with E-state index in [0.717, 1.165) is 11.0 Å². The Morgan fingerprint density at radius 3 is 2.52 bits per heavy atom. The molecule has 8 nitrogen and oxygen atoms in total. The number of carbonyl (C=O) groups excluding carboxylic acids is 1. The lowest BCUT2D eigenvalue weighted by Gasteiger charge is -2.03. The van der Waals surface area contributed by atoms with E-state index in [-0.39, 0.29) is 11.3 Å². The van der Waals surface area contributed by atoms with Gasteiger partial charge in [-0.1, -0.05) is 12.1 Å². The number of aromatic nitrogens is 2. The number of nitrogens with zero attached hydrogens (tertiary/aromatic N) is 4. The molecule has 0 aliphatic rings. The Kier molecular flexibility index (Phi) is 4.25. The maximum absolute atomic E-state index is 12.1. The number of carbonyl (C=O) groups is 1. The Hall–Kier alpha value is -3.55. The molecule has 1 aromatic heterocycles. The first-order valence-electron chi connectivity index (χ1n) is 7.48.